The molecule has 3 rings (SSSR count). The summed E-state index contributed by atoms with van der Waals surface area (Å²) in [6.07, 6.45) is 1.64. The topological polar surface area (TPSA) is 45.5 Å². The standard InChI is InChI=1S/C21H21ClN2O2/c1-24(15-16-9-11-18(22)12-10-16)20(25)14-23-21(19-8-5-13-26-19)17-6-3-2-4-7-17/h2-13,21,23H,14-15H2,1H3/t21-/m0/s1. The van der Waals surface area contributed by atoms with Crippen LogP contribution in [0.4, 0.5) is 0 Å². The minimum Gasteiger partial charge on any atom is -0.467 e. The Bertz CT molecular complexity index is 817. The summed E-state index contributed by atoms with van der Waals surface area (Å²) in [5.41, 5.74) is 2.09. The minimum absolute atomic E-state index is 0.00689. The Morgan fingerprint density at radius 1 is 1.08 bits per heavy atom. The van der Waals surface area contributed by atoms with Gasteiger partial charge in [-0.2, -0.15) is 0 Å². The van der Waals surface area contributed by atoms with Gasteiger partial charge in [-0.15, -0.1) is 0 Å². The molecule has 0 aliphatic heterocycles. The SMILES string of the molecule is CN(Cc1ccc(Cl)cc1)C(=O)CN[C@@H](c1ccccc1)c1ccco1. The molecule has 5 heteroatoms. The maximum Gasteiger partial charge on any atom is 0.236 e. The quantitative estimate of drug-likeness (QED) is 0.677. The van der Waals surface area contributed by atoms with Crippen LogP contribution in [0.3, 0.4) is 0 Å². The Morgan fingerprint density at radius 2 is 1.81 bits per heavy atom. The number of furan rings is 1. The van der Waals surface area contributed by atoms with Gasteiger partial charge in [-0.1, -0.05) is 54.1 Å². The fourth-order valence-corrected chi connectivity index (χ4v) is 2.89. The van der Waals surface area contributed by atoms with Crippen LogP contribution in [0.5, 0.6) is 0 Å². The summed E-state index contributed by atoms with van der Waals surface area (Å²) in [6.45, 7) is 0.749. The van der Waals surface area contributed by atoms with Gasteiger partial charge in [0.05, 0.1) is 18.8 Å². The zero-order chi connectivity index (χ0) is 18.4. The van der Waals surface area contributed by atoms with E-state index in [1.807, 2.05) is 66.7 Å². The van der Waals surface area contributed by atoms with E-state index >= 15 is 0 Å². The molecule has 1 atom stereocenters. The molecule has 2 aromatic carbocycles. The molecule has 0 bridgehead atoms. The smallest absolute Gasteiger partial charge is 0.236 e. The Hall–Kier alpha value is -2.56. The normalized spacial score (nSPS) is 11.9. The number of carbonyl (C=O) groups is 1. The summed E-state index contributed by atoms with van der Waals surface area (Å²) in [4.78, 5) is 14.2. The molecule has 0 saturated heterocycles. The molecule has 26 heavy (non-hydrogen) atoms. The molecular formula is C21H21ClN2O2. The van der Waals surface area contributed by atoms with Crippen LogP contribution in [0.1, 0.15) is 22.9 Å². The maximum absolute atomic E-state index is 12.5. The predicted octanol–water partition coefficient (Wildman–Crippen LogP) is 4.27. The molecule has 0 aliphatic carbocycles. The van der Waals surface area contributed by atoms with E-state index in [1.165, 1.54) is 0 Å². The zero-order valence-electron chi connectivity index (χ0n) is 14.6. The van der Waals surface area contributed by atoms with Crippen LogP contribution in [-0.2, 0) is 11.3 Å². The first-order chi connectivity index (χ1) is 12.6. The number of halogens is 1. The lowest BCUT2D eigenvalue weighted by molar-refractivity contribution is -0.129. The summed E-state index contributed by atoms with van der Waals surface area (Å²) >= 11 is 5.90. The van der Waals surface area contributed by atoms with Gasteiger partial charge in [0.25, 0.3) is 0 Å². The first-order valence-corrected chi connectivity index (χ1v) is 8.81. The molecule has 1 N–H and O–H groups in total. The summed E-state index contributed by atoms with van der Waals surface area (Å²) < 4.78 is 5.55. The van der Waals surface area contributed by atoms with Crippen molar-refractivity contribution in [1.29, 1.82) is 0 Å². The second-order valence-electron chi connectivity index (χ2n) is 6.12. The molecule has 134 valence electrons. The van der Waals surface area contributed by atoms with Crippen LogP contribution in [0.15, 0.2) is 77.4 Å². The van der Waals surface area contributed by atoms with E-state index in [4.69, 9.17) is 16.0 Å². The molecule has 1 amide bonds. The number of likely N-dealkylation sites (N-methyl/N-ethyl adjacent to an activating group) is 1. The number of nitrogens with zero attached hydrogens (tertiary/aromatic N) is 1. The molecule has 0 aliphatic rings. The molecule has 0 radical (unpaired) electrons. The zero-order valence-corrected chi connectivity index (χ0v) is 15.3. The highest BCUT2D eigenvalue weighted by atomic mass is 35.5. The number of hydrogen-bond acceptors (Lipinski definition) is 3. The van der Waals surface area contributed by atoms with Gasteiger partial charge in [0, 0.05) is 18.6 Å². The Balaban J connectivity index is 1.63. The molecule has 0 spiro atoms. The Morgan fingerprint density at radius 3 is 2.46 bits per heavy atom. The molecule has 4 nitrogen and oxygen atoms in total. The van der Waals surface area contributed by atoms with E-state index < -0.39 is 0 Å². The number of benzene rings is 2. The number of amides is 1. The van der Waals surface area contributed by atoms with Gasteiger partial charge in [-0.3, -0.25) is 10.1 Å². The van der Waals surface area contributed by atoms with Crippen molar-refractivity contribution in [2.75, 3.05) is 13.6 Å². The number of rotatable bonds is 7. The molecule has 0 saturated carbocycles. The number of carbonyl (C=O) groups excluding carboxylic acids is 1. The first kappa shape index (κ1) is 18.2. The fourth-order valence-electron chi connectivity index (χ4n) is 2.76. The summed E-state index contributed by atoms with van der Waals surface area (Å²) in [6, 6.07) is 21.0. The molecule has 3 aromatic rings. The highest BCUT2D eigenvalue weighted by Gasteiger charge is 2.18. The van der Waals surface area contributed by atoms with Gasteiger partial charge in [0.2, 0.25) is 5.91 Å². The number of hydrogen-bond donors (Lipinski definition) is 1. The lowest BCUT2D eigenvalue weighted by atomic mass is 10.0. The van der Waals surface area contributed by atoms with Gasteiger partial charge in [0.15, 0.2) is 0 Å². The lowest BCUT2D eigenvalue weighted by Crippen LogP contribution is -2.37. The predicted molar refractivity (Wildman–Crippen MR) is 103 cm³/mol. The van der Waals surface area contributed by atoms with Crippen molar-refractivity contribution in [2.45, 2.75) is 12.6 Å². The van der Waals surface area contributed by atoms with Crippen LogP contribution < -0.4 is 5.32 Å². The van der Waals surface area contributed by atoms with Crippen LogP contribution in [-0.4, -0.2) is 24.4 Å². The third-order valence-corrected chi connectivity index (χ3v) is 4.43. The van der Waals surface area contributed by atoms with Gasteiger partial charge < -0.3 is 9.32 Å². The second-order valence-corrected chi connectivity index (χ2v) is 6.55. The average molecular weight is 369 g/mol. The largest absolute Gasteiger partial charge is 0.467 e. The molecular weight excluding hydrogens is 348 g/mol. The third-order valence-electron chi connectivity index (χ3n) is 4.18. The van der Waals surface area contributed by atoms with E-state index in [-0.39, 0.29) is 18.5 Å². The van der Waals surface area contributed by atoms with Crippen LogP contribution in [0, 0.1) is 0 Å². The monoisotopic (exact) mass is 368 g/mol. The van der Waals surface area contributed by atoms with Crippen molar-refractivity contribution >= 4 is 17.5 Å². The summed E-state index contributed by atoms with van der Waals surface area (Å²) in [5.74, 6) is 0.789. The van der Waals surface area contributed by atoms with E-state index in [2.05, 4.69) is 5.32 Å². The lowest BCUT2D eigenvalue weighted by Gasteiger charge is -2.21. The van der Waals surface area contributed by atoms with Crippen molar-refractivity contribution in [3.05, 3.63) is 94.9 Å². The van der Waals surface area contributed by atoms with Gasteiger partial charge in [0.1, 0.15) is 5.76 Å². The Labute approximate surface area is 158 Å². The van der Waals surface area contributed by atoms with E-state index in [0.29, 0.717) is 11.6 Å². The number of nitrogens with one attached hydrogen (secondary N) is 1. The third kappa shape index (κ3) is 4.75. The molecule has 1 aromatic heterocycles. The van der Waals surface area contributed by atoms with E-state index in [9.17, 15) is 4.79 Å². The summed E-state index contributed by atoms with van der Waals surface area (Å²) in [5, 5.41) is 4.00. The molecule has 0 unspecified atom stereocenters. The van der Waals surface area contributed by atoms with Crippen molar-refractivity contribution < 1.29 is 9.21 Å². The highest BCUT2D eigenvalue weighted by Crippen LogP contribution is 2.22. The van der Waals surface area contributed by atoms with Crippen molar-refractivity contribution in [3.63, 3.8) is 0 Å². The van der Waals surface area contributed by atoms with Gasteiger partial charge >= 0.3 is 0 Å². The van der Waals surface area contributed by atoms with Gasteiger partial charge in [-0.25, -0.2) is 0 Å². The van der Waals surface area contributed by atoms with Crippen molar-refractivity contribution in [3.8, 4) is 0 Å². The van der Waals surface area contributed by atoms with Crippen molar-refractivity contribution in [1.82, 2.24) is 10.2 Å². The summed E-state index contributed by atoms with van der Waals surface area (Å²) in [7, 11) is 1.79. The highest BCUT2D eigenvalue weighted by molar-refractivity contribution is 6.30. The minimum atomic E-state index is -0.168. The van der Waals surface area contributed by atoms with Crippen LogP contribution in [0.2, 0.25) is 5.02 Å². The van der Waals surface area contributed by atoms with E-state index in [1.54, 1.807) is 18.2 Å². The second kappa shape index (κ2) is 8.70. The fraction of sp³-hybridized carbons (Fsp3) is 0.190. The first-order valence-electron chi connectivity index (χ1n) is 8.43. The molecule has 1 heterocycles. The molecule has 0 fully saturated rings. The van der Waals surface area contributed by atoms with Crippen LogP contribution in [0.25, 0.3) is 0 Å². The van der Waals surface area contributed by atoms with Crippen molar-refractivity contribution in [2.24, 2.45) is 0 Å². The average Bonchev–Trinajstić information content (AvgIpc) is 3.19. The Kier molecular flexibility index (Phi) is 6.10. The van der Waals surface area contributed by atoms with Crippen LogP contribution >= 0.6 is 11.6 Å². The van der Waals surface area contributed by atoms with Gasteiger partial charge in [-0.05, 0) is 35.4 Å². The maximum atomic E-state index is 12.5. The van der Waals surface area contributed by atoms with E-state index in [0.717, 1.165) is 16.9 Å².